The molecule has 3 N–H and O–H groups in total. The van der Waals surface area contributed by atoms with Crippen molar-refractivity contribution in [3.8, 4) is 0 Å². The molecule has 0 saturated carbocycles. The lowest BCUT2D eigenvalue weighted by Gasteiger charge is -2.29. The number of β-amino-alcohol motifs (C(OH)–C–C–N with tert-alkyl or cyclic N) is 1. The number of nitrogens with zero attached hydrogens (tertiary/aromatic N) is 1. The molecule has 23 heavy (non-hydrogen) atoms. The Kier molecular flexibility index (Phi) is 4.90. The summed E-state index contributed by atoms with van der Waals surface area (Å²) in [5.41, 5.74) is 0.274. The number of hydrogen-bond donors (Lipinski definition) is 3. The maximum absolute atomic E-state index is 13.4. The van der Waals surface area contributed by atoms with Gasteiger partial charge < -0.3 is 20.2 Å². The number of nitrogens with one attached hydrogen (secondary N) is 2. The van der Waals surface area contributed by atoms with Gasteiger partial charge in [0.05, 0.1) is 11.8 Å². The van der Waals surface area contributed by atoms with Crippen LogP contribution in [0.1, 0.15) is 0 Å². The number of fused-ring (bicyclic) bond motifs is 1. The maximum atomic E-state index is 13.4. The zero-order valence-corrected chi connectivity index (χ0v) is 12.7. The molecule has 0 aliphatic carbocycles. The molecule has 1 aliphatic heterocycles. The van der Waals surface area contributed by atoms with Crippen LogP contribution in [-0.4, -0.2) is 55.4 Å². The van der Waals surface area contributed by atoms with Gasteiger partial charge in [0.25, 0.3) is 0 Å². The van der Waals surface area contributed by atoms with Crippen molar-refractivity contribution in [2.75, 3.05) is 44.6 Å². The number of rotatable bonds is 5. The lowest BCUT2D eigenvalue weighted by Crippen LogP contribution is -2.47. The molecule has 1 saturated heterocycles. The smallest absolute Gasteiger partial charge is 0.338 e. The van der Waals surface area contributed by atoms with Crippen molar-refractivity contribution in [2.45, 2.75) is 6.10 Å². The molecule has 0 spiro atoms. The van der Waals surface area contributed by atoms with Crippen LogP contribution in [0.3, 0.4) is 0 Å². The topological polar surface area (TPSA) is 77.7 Å². The molecule has 0 radical (unpaired) electrons. The third-order valence-corrected chi connectivity index (χ3v) is 3.91. The van der Waals surface area contributed by atoms with Crippen LogP contribution in [0.4, 0.5) is 10.1 Å². The van der Waals surface area contributed by atoms with Crippen molar-refractivity contribution in [3.63, 3.8) is 0 Å². The Balaban J connectivity index is 1.68. The van der Waals surface area contributed by atoms with Crippen molar-refractivity contribution >= 4 is 16.7 Å². The lowest BCUT2D eigenvalue weighted by molar-refractivity contribution is 0.114. The Labute approximate surface area is 132 Å². The molecule has 1 aliphatic rings. The van der Waals surface area contributed by atoms with E-state index in [1.54, 1.807) is 0 Å². The second kappa shape index (κ2) is 7.08. The molecule has 7 heteroatoms. The first-order valence-electron chi connectivity index (χ1n) is 7.70. The van der Waals surface area contributed by atoms with E-state index in [-0.39, 0.29) is 6.54 Å². The fraction of sp³-hybridized carbons (Fsp3) is 0.438. The predicted octanol–water partition coefficient (Wildman–Crippen LogP) is 0.610. The van der Waals surface area contributed by atoms with Gasteiger partial charge in [0, 0.05) is 50.7 Å². The van der Waals surface area contributed by atoms with E-state index in [2.05, 4.69) is 15.5 Å². The predicted molar refractivity (Wildman–Crippen MR) is 86.2 cm³/mol. The summed E-state index contributed by atoms with van der Waals surface area (Å²) in [4.78, 5) is 13.8. The van der Waals surface area contributed by atoms with Gasteiger partial charge in [0.15, 0.2) is 0 Å². The highest BCUT2D eigenvalue weighted by molar-refractivity contribution is 5.89. The number of benzene rings is 1. The van der Waals surface area contributed by atoms with Gasteiger partial charge in [-0.3, -0.25) is 4.90 Å². The third kappa shape index (κ3) is 4.07. The van der Waals surface area contributed by atoms with Crippen LogP contribution >= 0.6 is 0 Å². The van der Waals surface area contributed by atoms with Crippen molar-refractivity contribution in [1.29, 1.82) is 0 Å². The van der Waals surface area contributed by atoms with Crippen molar-refractivity contribution in [3.05, 3.63) is 40.5 Å². The fourth-order valence-electron chi connectivity index (χ4n) is 2.77. The van der Waals surface area contributed by atoms with Gasteiger partial charge in [-0.1, -0.05) is 0 Å². The Bertz CT molecular complexity index is 728. The van der Waals surface area contributed by atoms with E-state index in [1.165, 1.54) is 24.3 Å². The number of piperazine rings is 1. The number of aliphatic hydroxyl groups is 1. The van der Waals surface area contributed by atoms with E-state index >= 15 is 0 Å². The molecule has 0 amide bonds. The molecule has 1 aromatic carbocycles. The van der Waals surface area contributed by atoms with Crippen LogP contribution in [0.2, 0.25) is 0 Å². The van der Waals surface area contributed by atoms with E-state index in [0.29, 0.717) is 23.2 Å². The monoisotopic (exact) mass is 321 g/mol. The average Bonchev–Trinajstić information content (AvgIpc) is 2.54. The van der Waals surface area contributed by atoms with Gasteiger partial charge in [-0.05, 0) is 18.2 Å². The van der Waals surface area contributed by atoms with Gasteiger partial charge in [0.1, 0.15) is 11.4 Å². The van der Waals surface area contributed by atoms with Gasteiger partial charge in [-0.15, -0.1) is 0 Å². The van der Waals surface area contributed by atoms with Crippen LogP contribution in [0.5, 0.6) is 0 Å². The second-order valence-electron chi connectivity index (χ2n) is 5.70. The van der Waals surface area contributed by atoms with Crippen LogP contribution < -0.4 is 16.3 Å². The molecule has 1 fully saturated rings. The molecular formula is C16H20FN3O3. The van der Waals surface area contributed by atoms with E-state index in [0.717, 1.165) is 26.2 Å². The highest BCUT2D eigenvalue weighted by Crippen LogP contribution is 2.22. The summed E-state index contributed by atoms with van der Waals surface area (Å²) >= 11 is 0. The maximum Gasteiger partial charge on any atom is 0.338 e. The summed E-state index contributed by atoms with van der Waals surface area (Å²) < 4.78 is 18.5. The van der Waals surface area contributed by atoms with E-state index < -0.39 is 17.5 Å². The zero-order chi connectivity index (χ0) is 16.2. The highest BCUT2D eigenvalue weighted by Gasteiger charge is 2.15. The minimum atomic E-state index is -0.580. The highest BCUT2D eigenvalue weighted by atomic mass is 19.1. The molecule has 1 atom stereocenters. The molecule has 1 unspecified atom stereocenters. The van der Waals surface area contributed by atoms with Crippen LogP contribution in [0.25, 0.3) is 11.0 Å². The van der Waals surface area contributed by atoms with Crippen LogP contribution in [0.15, 0.2) is 33.5 Å². The molecule has 6 nitrogen and oxygen atoms in total. The summed E-state index contributed by atoms with van der Waals surface area (Å²) in [6, 6.07) is 5.26. The summed E-state index contributed by atoms with van der Waals surface area (Å²) in [7, 11) is 0. The fourth-order valence-corrected chi connectivity index (χ4v) is 2.77. The number of aliphatic hydroxyl groups excluding tert-OH is 1. The van der Waals surface area contributed by atoms with E-state index in [9.17, 15) is 14.3 Å². The number of hydrogen-bond acceptors (Lipinski definition) is 6. The van der Waals surface area contributed by atoms with Crippen LogP contribution in [0, 0.1) is 5.82 Å². The van der Waals surface area contributed by atoms with E-state index in [1.807, 2.05) is 0 Å². The second-order valence-corrected chi connectivity index (χ2v) is 5.70. The van der Waals surface area contributed by atoms with Gasteiger partial charge >= 0.3 is 5.63 Å². The zero-order valence-electron chi connectivity index (χ0n) is 12.7. The standard InChI is InChI=1S/C16H20FN3O3/c17-11-1-2-15-13(7-11)14(8-16(22)23-15)19-9-12(21)10-20-5-3-18-4-6-20/h1-2,7-8,12,18-19,21H,3-6,9-10H2. The summed E-state index contributed by atoms with van der Waals surface area (Å²) in [5, 5.41) is 16.9. The molecule has 124 valence electrons. The minimum Gasteiger partial charge on any atom is -0.423 e. The summed E-state index contributed by atoms with van der Waals surface area (Å²) in [6.07, 6.45) is -0.580. The quantitative estimate of drug-likeness (QED) is 0.701. The molecule has 3 rings (SSSR count). The summed E-state index contributed by atoms with van der Waals surface area (Å²) in [6.45, 7) is 4.48. The molecular weight excluding hydrogens is 301 g/mol. The Morgan fingerprint density at radius 3 is 2.91 bits per heavy atom. The third-order valence-electron chi connectivity index (χ3n) is 3.91. The Hall–Kier alpha value is -1.96. The van der Waals surface area contributed by atoms with E-state index in [4.69, 9.17) is 4.42 Å². The van der Waals surface area contributed by atoms with Gasteiger partial charge in [-0.25, -0.2) is 9.18 Å². The Morgan fingerprint density at radius 1 is 1.35 bits per heavy atom. The normalized spacial score (nSPS) is 17.3. The largest absolute Gasteiger partial charge is 0.423 e. The molecule has 0 bridgehead atoms. The van der Waals surface area contributed by atoms with Crippen molar-refractivity contribution < 1.29 is 13.9 Å². The first-order valence-corrected chi connectivity index (χ1v) is 7.70. The minimum absolute atomic E-state index is 0.277. The lowest BCUT2D eigenvalue weighted by atomic mass is 10.2. The number of halogens is 1. The first-order chi connectivity index (χ1) is 11.1. The van der Waals surface area contributed by atoms with Crippen LogP contribution in [-0.2, 0) is 0 Å². The summed E-state index contributed by atoms with van der Waals surface area (Å²) in [5.74, 6) is -0.407. The molecule has 2 aromatic rings. The average molecular weight is 321 g/mol. The first kappa shape index (κ1) is 15.9. The SMILES string of the molecule is O=c1cc(NCC(O)CN2CCNCC2)c2cc(F)ccc2o1. The van der Waals surface area contributed by atoms with Gasteiger partial charge in [0.2, 0.25) is 0 Å². The van der Waals surface area contributed by atoms with Gasteiger partial charge in [-0.2, -0.15) is 0 Å². The van der Waals surface area contributed by atoms with Crippen molar-refractivity contribution in [1.82, 2.24) is 10.2 Å². The number of anilines is 1. The Morgan fingerprint density at radius 2 is 2.13 bits per heavy atom. The molecule has 2 heterocycles. The van der Waals surface area contributed by atoms with Crippen molar-refractivity contribution in [2.24, 2.45) is 0 Å². The molecule has 1 aromatic heterocycles.